The molecule has 2 rings (SSSR count). The van der Waals surface area contributed by atoms with Crippen LogP contribution in [0.5, 0.6) is 0 Å². The zero-order chi connectivity index (χ0) is 15.5. The number of benzene rings is 2. The molecule has 1 nitrogen and oxygen atoms in total. The van der Waals surface area contributed by atoms with Gasteiger partial charge in [0.2, 0.25) is 0 Å². The molecule has 0 amide bonds. The van der Waals surface area contributed by atoms with Crippen molar-refractivity contribution in [2.45, 2.75) is 26.2 Å². The third kappa shape index (κ3) is 4.40. The van der Waals surface area contributed by atoms with Crippen LogP contribution in [0.25, 0.3) is 6.08 Å². The predicted molar refractivity (Wildman–Crippen MR) is 92.6 cm³/mol. The number of hydrogen-bond acceptors (Lipinski definition) is 1. The Morgan fingerprint density at radius 2 is 1.71 bits per heavy atom. The Bertz CT molecular complexity index is 661. The molecule has 0 fully saturated rings. The van der Waals surface area contributed by atoms with E-state index < -0.39 is 0 Å². The quantitative estimate of drug-likeness (QED) is 0.520. The molecular weight excluding hydrogens is 324 g/mol. The molecule has 0 spiro atoms. The summed E-state index contributed by atoms with van der Waals surface area (Å²) in [6, 6.07) is 15.7. The molecule has 0 N–H and O–H groups in total. The molecule has 0 aliphatic heterocycles. The fraction of sp³-hybridized carbons (Fsp3) is 0.211. The summed E-state index contributed by atoms with van der Waals surface area (Å²) in [7, 11) is 0. The van der Waals surface area contributed by atoms with Gasteiger partial charge in [-0.1, -0.05) is 79.2 Å². The van der Waals surface area contributed by atoms with Crippen LogP contribution in [-0.2, 0) is 5.41 Å². The first-order valence-electron chi connectivity index (χ1n) is 6.95. The van der Waals surface area contributed by atoms with Crippen molar-refractivity contribution < 1.29 is 4.79 Å². The lowest BCUT2D eigenvalue weighted by molar-refractivity contribution is 0.104. The van der Waals surface area contributed by atoms with Crippen LogP contribution < -0.4 is 0 Å². The molecule has 0 radical (unpaired) electrons. The predicted octanol–water partition coefficient (Wildman–Crippen LogP) is 5.64. The standard InChI is InChI=1S/C19H19BrO/c1-19(2,3)16-10-7-14(8-11-16)9-12-18(21)15-5-4-6-17(20)13-15/h4-13H,1-3H3. The molecule has 0 saturated carbocycles. The van der Waals surface area contributed by atoms with E-state index in [-0.39, 0.29) is 11.2 Å². The molecule has 0 saturated heterocycles. The summed E-state index contributed by atoms with van der Waals surface area (Å²) in [4.78, 5) is 12.1. The Morgan fingerprint density at radius 3 is 2.29 bits per heavy atom. The van der Waals surface area contributed by atoms with Gasteiger partial charge in [-0.15, -0.1) is 0 Å². The van der Waals surface area contributed by atoms with Crippen LogP contribution in [0.3, 0.4) is 0 Å². The van der Waals surface area contributed by atoms with Crippen molar-refractivity contribution in [3.8, 4) is 0 Å². The van der Waals surface area contributed by atoms with Gasteiger partial charge in [0.05, 0.1) is 0 Å². The van der Waals surface area contributed by atoms with Crippen molar-refractivity contribution in [1.29, 1.82) is 0 Å². The summed E-state index contributed by atoms with van der Waals surface area (Å²) in [6.07, 6.45) is 3.48. The van der Waals surface area contributed by atoms with Crippen molar-refractivity contribution in [3.63, 3.8) is 0 Å². The number of carbonyl (C=O) groups is 1. The van der Waals surface area contributed by atoms with E-state index in [4.69, 9.17) is 0 Å². The topological polar surface area (TPSA) is 17.1 Å². The number of halogens is 1. The van der Waals surface area contributed by atoms with Gasteiger partial charge < -0.3 is 0 Å². The molecular formula is C19H19BrO. The van der Waals surface area contributed by atoms with E-state index in [9.17, 15) is 4.79 Å². The van der Waals surface area contributed by atoms with Crippen LogP contribution in [0.1, 0.15) is 42.3 Å². The van der Waals surface area contributed by atoms with Gasteiger partial charge in [0.25, 0.3) is 0 Å². The smallest absolute Gasteiger partial charge is 0.185 e. The third-order valence-corrected chi connectivity index (χ3v) is 3.81. The van der Waals surface area contributed by atoms with Crippen molar-refractivity contribution in [3.05, 3.63) is 75.8 Å². The first-order valence-corrected chi connectivity index (χ1v) is 7.74. The van der Waals surface area contributed by atoms with E-state index in [1.807, 2.05) is 42.5 Å². The molecule has 0 unspecified atom stereocenters. The number of hydrogen-bond donors (Lipinski definition) is 0. The fourth-order valence-corrected chi connectivity index (χ4v) is 2.40. The number of allylic oxidation sites excluding steroid dienone is 1. The van der Waals surface area contributed by atoms with E-state index >= 15 is 0 Å². The first kappa shape index (κ1) is 15.7. The van der Waals surface area contributed by atoms with Gasteiger partial charge in [-0.25, -0.2) is 0 Å². The van der Waals surface area contributed by atoms with E-state index in [1.165, 1.54) is 5.56 Å². The Morgan fingerprint density at radius 1 is 1.05 bits per heavy atom. The summed E-state index contributed by atoms with van der Waals surface area (Å²) in [5.41, 5.74) is 3.16. The lowest BCUT2D eigenvalue weighted by Crippen LogP contribution is -2.10. The van der Waals surface area contributed by atoms with Gasteiger partial charge >= 0.3 is 0 Å². The zero-order valence-electron chi connectivity index (χ0n) is 12.6. The van der Waals surface area contributed by atoms with Crippen molar-refractivity contribution in [1.82, 2.24) is 0 Å². The van der Waals surface area contributed by atoms with E-state index in [0.717, 1.165) is 10.0 Å². The second kappa shape index (κ2) is 6.40. The Hall–Kier alpha value is -1.67. The molecule has 2 aromatic carbocycles. The maximum atomic E-state index is 12.1. The summed E-state index contributed by atoms with van der Waals surface area (Å²) in [5, 5.41) is 0. The van der Waals surface area contributed by atoms with Crippen molar-refractivity contribution >= 4 is 27.8 Å². The average Bonchev–Trinajstić information content (AvgIpc) is 2.44. The summed E-state index contributed by atoms with van der Waals surface area (Å²) in [5.74, 6) is 0.0104. The SMILES string of the molecule is CC(C)(C)c1ccc(C=CC(=O)c2cccc(Br)c2)cc1. The molecule has 0 heterocycles. The fourth-order valence-electron chi connectivity index (χ4n) is 2.00. The molecule has 0 bridgehead atoms. The maximum absolute atomic E-state index is 12.1. The van der Waals surface area contributed by atoms with Crippen LogP contribution >= 0.6 is 15.9 Å². The van der Waals surface area contributed by atoms with Gasteiger partial charge in [-0.3, -0.25) is 4.79 Å². The van der Waals surface area contributed by atoms with Crippen LogP contribution in [0.15, 0.2) is 59.1 Å². The van der Waals surface area contributed by atoms with Gasteiger partial charge in [0.1, 0.15) is 0 Å². The van der Waals surface area contributed by atoms with E-state index in [2.05, 4.69) is 48.8 Å². The van der Waals surface area contributed by atoms with Crippen LogP contribution in [-0.4, -0.2) is 5.78 Å². The molecule has 0 aromatic heterocycles. The van der Waals surface area contributed by atoms with Crippen LogP contribution in [0.4, 0.5) is 0 Å². The molecule has 2 aromatic rings. The lowest BCUT2D eigenvalue weighted by Gasteiger charge is -2.18. The van der Waals surface area contributed by atoms with Crippen molar-refractivity contribution in [2.24, 2.45) is 0 Å². The Balaban J connectivity index is 2.12. The van der Waals surface area contributed by atoms with Gasteiger partial charge in [-0.05, 0) is 34.8 Å². The summed E-state index contributed by atoms with van der Waals surface area (Å²) >= 11 is 3.38. The van der Waals surface area contributed by atoms with Gasteiger partial charge in [0.15, 0.2) is 5.78 Å². The second-order valence-electron chi connectivity index (χ2n) is 6.08. The highest BCUT2D eigenvalue weighted by molar-refractivity contribution is 9.10. The second-order valence-corrected chi connectivity index (χ2v) is 7.00. The number of rotatable bonds is 3. The summed E-state index contributed by atoms with van der Waals surface area (Å²) in [6.45, 7) is 6.57. The maximum Gasteiger partial charge on any atom is 0.185 e. The monoisotopic (exact) mass is 342 g/mol. The highest BCUT2D eigenvalue weighted by Crippen LogP contribution is 2.22. The molecule has 2 heteroatoms. The minimum absolute atomic E-state index is 0.0104. The van der Waals surface area contributed by atoms with Crippen LogP contribution in [0, 0.1) is 0 Å². The molecule has 0 atom stereocenters. The highest BCUT2D eigenvalue weighted by Gasteiger charge is 2.12. The number of ketones is 1. The zero-order valence-corrected chi connectivity index (χ0v) is 14.1. The Kier molecular flexibility index (Phi) is 4.79. The number of carbonyl (C=O) groups excluding carboxylic acids is 1. The molecule has 0 aliphatic carbocycles. The van der Waals surface area contributed by atoms with E-state index in [1.54, 1.807) is 6.08 Å². The largest absolute Gasteiger partial charge is 0.289 e. The van der Waals surface area contributed by atoms with Crippen LogP contribution in [0.2, 0.25) is 0 Å². The molecule has 108 valence electrons. The van der Waals surface area contributed by atoms with E-state index in [0.29, 0.717) is 5.56 Å². The Labute approximate surface area is 134 Å². The third-order valence-electron chi connectivity index (χ3n) is 3.31. The lowest BCUT2D eigenvalue weighted by atomic mass is 9.87. The highest BCUT2D eigenvalue weighted by atomic mass is 79.9. The normalized spacial score (nSPS) is 11.8. The average molecular weight is 343 g/mol. The van der Waals surface area contributed by atoms with Crippen molar-refractivity contribution in [2.75, 3.05) is 0 Å². The van der Waals surface area contributed by atoms with Gasteiger partial charge in [0, 0.05) is 10.0 Å². The summed E-state index contributed by atoms with van der Waals surface area (Å²) < 4.78 is 0.913. The first-order chi connectivity index (χ1) is 9.86. The minimum Gasteiger partial charge on any atom is -0.289 e. The molecule has 0 aliphatic rings. The molecule has 21 heavy (non-hydrogen) atoms. The minimum atomic E-state index is 0.0104. The van der Waals surface area contributed by atoms with Gasteiger partial charge in [-0.2, -0.15) is 0 Å².